The highest BCUT2D eigenvalue weighted by molar-refractivity contribution is 7.13. The fourth-order valence-corrected chi connectivity index (χ4v) is 3.13. The van der Waals surface area contributed by atoms with Crippen molar-refractivity contribution in [3.8, 4) is 21.7 Å². The van der Waals surface area contributed by atoms with Crippen molar-refractivity contribution in [1.29, 1.82) is 0 Å². The van der Waals surface area contributed by atoms with Crippen LogP contribution < -0.4 is 5.32 Å². The minimum Gasteiger partial charge on any atom is -0.326 e. The van der Waals surface area contributed by atoms with Crippen LogP contribution in [-0.2, 0) is 4.79 Å². The average molecular weight is 357 g/mol. The molecule has 122 valence electrons. The fourth-order valence-electron chi connectivity index (χ4n) is 2.27. The van der Waals surface area contributed by atoms with E-state index < -0.39 is 0 Å². The molecular formula is C19H17ClN2OS. The predicted molar refractivity (Wildman–Crippen MR) is 101 cm³/mol. The van der Waals surface area contributed by atoms with Gasteiger partial charge in [0.05, 0.1) is 0 Å². The predicted octanol–water partition coefficient (Wildman–Crippen LogP) is 5.73. The number of halogens is 1. The Bertz CT molecular complexity index is 842. The van der Waals surface area contributed by atoms with E-state index in [1.165, 1.54) is 0 Å². The van der Waals surface area contributed by atoms with Crippen molar-refractivity contribution in [2.24, 2.45) is 5.92 Å². The van der Waals surface area contributed by atoms with Crippen LogP contribution in [0, 0.1) is 5.92 Å². The maximum absolute atomic E-state index is 11.8. The van der Waals surface area contributed by atoms with Gasteiger partial charge in [-0.3, -0.25) is 4.79 Å². The Morgan fingerprint density at radius 3 is 2.46 bits per heavy atom. The maximum Gasteiger partial charge on any atom is 0.226 e. The van der Waals surface area contributed by atoms with Gasteiger partial charge in [0.25, 0.3) is 0 Å². The van der Waals surface area contributed by atoms with E-state index in [1.807, 2.05) is 61.7 Å². The molecule has 3 rings (SSSR count). The first-order chi connectivity index (χ1) is 11.5. The quantitative estimate of drug-likeness (QED) is 0.649. The lowest BCUT2D eigenvalue weighted by Crippen LogP contribution is -2.17. The van der Waals surface area contributed by atoms with Crippen LogP contribution in [0.1, 0.15) is 13.8 Å². The zero-order chi connectivity index (χ0) is 17.1. The van der Waals surface area contributed by atoms with Crippen LogP contribution in [0.2, 0.25) is 5.02 Å². The number of thiazole rings is 1. The lowest BCUT2D eigenvalue weighted by Gasteiger charge is -2.10. The highest BCUT2D eigenvalue weighted by Crippen LogP contribution is 2.33. The van der Waals surface area contributed by atoms with Crippen molar-refractivity contribution in [3.05, 3.63) is 59.1 Å². The lowest BCUT2D eigenvalue weighted by molar-refractivity contribution is -0.118. The van der Waals surface area contributed by atoms with E-state index in [1.54, 1.807) is 17.5 Å². The van der Waals surface area contributed by atoms with E-state index in [0.29, 0.717) is 5.02 Å². The summed E-state index contributed by atoms with van der Waals surface area (Å²) in [7, 11) is 0. The van der Waals surface area contributed by atoms with Gasteiger partial charge < -0.3 is 5.32 Å². The molecule has 1 amide bonds. The second-order valence-corrected chi connectivity index (χ2v) is 7.05. The minimum atomic E-state index is -0.0471. The first-order valence-electron chi connectivity index (χ1n) is 7.65. The third kappa shape index (κ3) is 3.66. The standard InChI is InChI=1S/C19H17ClN2OS/c1-12(2)18(23)22-15-6-3-13(4-7-15)16-11-14(5-8-17(16)20)19-21-9-10-24-19/h3-12H,1-2H3,(H,22,23). The number of benzene rings is 2. The summed E-state index contributed by atoms with van der Waals surface area (Å²) >= 11 is 7.97. The van der Waals surface area contributed by atoms with Gasteiger partial charge in [0.15, 0.2) is 0 Å². The van der Waals surface area contributed by atoms with Gasteiger partial charge in [-0.1, -0.05) is 43.6 Å². The summed E-state index contributed by atoms with van der Waals surface area (Å²) in [5.41, 5.74) is 3.78. The minimum absolute atomic E-state index is 0.00606. The molecule has 1 heterocycles. The third-order valence-electron chi connectivity index (χ3n) is 3.63. The third-order valence-corrected chi connectivity index (χ3v) is 4.79. The molecule has 1 aromatic heterocycles. The van der Waals surface area contributed by atoms with Crippen LogP contribution in [-0.4, -0.2) is 10.9 Å². The van der Waals surface area contributed by atoms with Gasteiger partial charge in [-0.05, 0) is 29.8 Å². The Hall–Kier alpha value is -2.17. The number of rotatable bonds is 4. The van der Waals surface area contributed by atoms with E-state index in [0.717, 1.165) is 27.4 Å². The molecule has 0 unspecified atom stereocenters. The summed E-state index contributed by atoms with van der Waals surface area (Å²) < 4.78 is 0. The summed E-state index contributed by atoms with van der Waals surface area (Å²) in [6, 6.07) is 13.6. The zero-order valence-corrected chi connectivity index (χ0v) is 15.0. The molecule has 0 atom stereocenters. The second-order valence-electron chi connectivity index (χ2n) is 5.75. The van der Waals surface area contributed by atoms with Crippen molar-refractivity contribution in [2.75, 3.05) is 5.32 Å². The lowest BCUT2D eigenvalue weighted by atomic mass is 10.0. The molecule has 0 spiro atoms. The van der Waals surface area contributed by atoms with Crippen LogP contribution in [0.25, 0.3) is 21.7 Å². The normalized spacial score (nSPS) is 10.8. The first-order valence-corrected chi connectivity index (χ1v) is 8.91. The Morgan fingerprint density at radius 1 is 1.12 bits per heavy atom. The largest absolute Gasteiger partial charge is 0.326 e. The van der Waals surface area contributed by atoms with Gasteiger partial charge in [0.2, 0.25) is 5.91 Å². The molecule has 0 radical (unpaired) electrons. The summed E-state index contributed by atoms with van der Waals surface area (Å²) in [6.45, 7) is 3.74. The summed E-state index contributed by atoms with van der Waals surface area (Å²) in [5, 5.41) is 6.50. The number of amides is 1. The molecular weight excluding hydrogens is 340 g/mol. The molecule has 24 heavy (non-hydrogen) atoms. The van der Waals surface area contributed by atoms with Crippen molar-refractivity contribution < 1.29 is 4.79 Å². The Kier molecular flexibility index (Phi) is 4.97. The Labute approximate surface area is 150 Å². The smallest absolute Gasteiger partial charge is 0.226 e. The zero-order valence-electron chi connectivity index (χ0n) is 13.4. The number of carbonyl (C=O) groups is 1. The van der Waals surface area contributed by atoms with Crippen LogP contribution >= 0.6 is 22.9 Å². The molecule has 0 fully saturated rings. The number of hydrogen-bond acceptors (Lipinski definition) is 3. The fraction of sp³-hybridized carbons (Fsp3) is 0.158. The molecule has 0 aliphatic heterocycles. The van der Waals surface area contributed by atoms with E-state index in [4.69, 9.17) is 11.6 Å². The van der Waals surface area contributed by atoms with E-state index in [-0.39, 0.29) is 11.8 Å². The number of hydrogen-bond donors (Lipinski definition) is 1. The van der Waals surface area contributed by atoms with Crippen LogP contribution in [0.15, 0.2) is 54.0 Å². The van der Waals surface area contributed by atoms with Crippen LogP contribution in [0.4, 0.5) is 5.69 Å². The van der Waals surface area contributed by atoms with Gasteiger partial charge in [-0.2, -0.15) is 0 Å². The van der Waals surface area contributed by atoms with E-state index in [2.05, 4.69) is 10.3 Å². The average Bonchev–Trinajstić information content (AvgIpc) is 3.10. The molecule has 5 heteroatoms. The summed E-state index contributed by atoms with van der Waals surface area (Å²) in [5.74, 6) is -0.0411. The summed E-state index contributed by atoms with van der Waals surface area (Å²) in [4.78, 5) is 16.1. The number of nitrogens with zero attached hydrogens (tertiary/aromatic N) is 1. The molecule has 0 aliphatic carbocycles. The molecule has 0 saturated carbocycles. The van der Waals surface area contributed by atoms with Crippen LogP contribution in [0.3, 0.4) is 0 Å². The van der Waals surface area contributed by atoms with Crippen molar-refractivity contribution in [2.45, 2.75) is 13.8 Å². The van der Waals surface area contributed by atoms with Gasteiger partial charge in [-0.25, -0.2) is 4.98 Å². The number of nitrogens with one attached hydrogen (secondary N) is 1. The van der Waals surface area contributed by atoms with E-state index >= 15 is 0 Å². The first kappa shape index (κ1) is 16.7. The van der Waals surface area contributed by atoms with Gasteiger partial charge >= 0.3 is 0 Å². The van der Waals surface area contributed by atoms with Crippen molar-refractivity contribution >= 4 is 34.5 Å². The number of carbonyl (C=O) groups excluding carboxylic acids is 1. The molecule has 0 saturated heterocycles. The van der Waals surface area contributed by atoms with E-state index in [9.17, 15) is 4.79 Å². The highest BCUT2D eigenvalue weighted by Gasteiger charge is 2.10. The molecule has 0 bridgehead atoms. The molecule has 3 aromatic rings. The van der Waals surface area contributed by atoms with Gasteiger partial charge in [-0.15, -0.1) is 11.3 Å². The van der Waals surface area contributed by atoms with Crippen LogP contribution in [0.5, 0.6) is 0 Å². The number of aromatic nitrogens is 1. The summed E-state index contributed by atoms with van der Waals surface area (Å²) in [6.07, 6.45) is 1.79. The SMILES string of the molecule is CC(C)C(=O)Nc1ccc(-c2cc(-c3nccs3)ccc2Cl)cc1. The second kappa shape index (κ2) is 7.16. The Morgan fingerprint density at radius 2 is 1.83 bits per heavy atom. The highest BCUT2D eigenvalue weighted by atomic mass is 35.5. The number of anilines is 1. The topological polar surface area (TPSA) is 42.0 Å². The van der Waals surface area contributed by atoms with Gasteiger partial charge in [0.1, 0.15) is 5.01 Å². The maximum atomic E-state index is 11.8. The molecule has 2 aromatic carbocycles. The van der Waals surface area contributed by atoms with Crippen molar-refractivity contribution in [3.63, 3.8) is 0 Å². The molecule has 0 aliphatic rings. The van der Waals surface area contributed by atoms with Crippen molar-refractivity contribution in [1.82, 2.24) is 4.98 Å². The molecule has 1 N–H and O–H groups in total. The Balaban J connectivity index is 1.89. The van der Waals surface area contributed by atoms with Gasteiger partial charge in [0, 0.05) is 39.3 Å². The molecule has 3 nitrogen and oxygen atoms in total. The monoisotopic (exact) mass is 356 g/mol.